The first-order chi connectivity index (χ1) is 10.1. The summed E-state index contributed by atoms with van der Waals surface area (Å²) in [6.07, 6.45) is 5.93. The van der Waals surface area contributed by atoms with Crippen molar-refractivity contribution >= 4 is 0 Å². The lowest BCUT2D eigenvalue weighted by Crippen LogP contribution is -2.18. The molecule has 0 spiro atoms. The summed E-state index contributed by atoms with van der Waals surface area (Å²) in [5, 5.41) is 0. The van der Waals surface area contributed by atoms with Gasteiger partial charge in [0.05, 0.1) is 20.8 Å². The van der Waals surface area contributed by atoms with Crippen LogP contribution in [0.3, 0.4) is 0 Å². The van der Waals surface area contributed by atoms with Crippen LogP contribution in [0.2, 0.25) is 0 Å². The summed E-state index contributed by atoms with van der Waals surface area (Å²) in [4.78, 5) is 0. The van der Waals surface area contributed by atoms with Gasteiger partial charge in [0.25, 0.3) is 0 Å². The van der Waals surface area contributed by atoms with Gasteiger partial charge in [0.2, 0.25) is 5.75 Å². The standard InChI is InChI=1S/C17H27NO3/c1-12(18)8-14-9-15(19-2)17(16(10-14)20-3)21-11-13-6-4-5-7-13/h9-10,12-13H,4-8,11,18H2,1-3H3. The molecular formula is C17H27NO3. The second-order valence-corrected chi connectivity index (χ2v) is 5.97. The number of methoxy groups -OCH3 is 2. The molecule has 1 fully saturated rings. The summed E-state index contributed by atoms with van der Waals surface area (Å²) in [7, 11) is 3.32. The van der Waals surface area contributed by atoms with E-state index in [1.807, 2.05) is 19.1 Å². The molecule has 1 aromatic rings. The predicted molar refractivity (Wildman–Crippen MR) is 84.4 cm³/mol. The van der Waals surface area contributed by atoms with E-state index in [0.717, 1.165) is 30.1 Å². The summed E-state index contributed by atoms with van der Waals surface area (Å²) < 4.78 is 17.0. The Hall–Kier alpha value is -1.42. The van der Waals surface area contributed by atoms with Crippen LogP contribution in [0.1, 0.15) is 38.2 Å². The van der Waals surface area contributed by atoms with Gasteiger partial charge in [-0.2, -0.15) is 0 Å². The summed E-state index contributed by atoms with van der Waals surface area (Å²) in [6, 6.07) is 4.09. The molecule has 4 nitrogen and oxygen atoms in total. The van der Waals surface area contributed by atoms with Crippen molar-refractivity contribution in [1.82, 2.24) is 0 Å². The normalized spacial score (nSPS) is 16.8. The topological polar surface area (TPSA) is 53.7 Å². The Balaban J connectivity index is 2.16. The second-order valence-electron chi connectivity index (χ2n) is 5.97. The Morgan fingerprint density at radius 3 is 2.19 bits per heavy atom. The molecule has 2 N–H and O–H groups in total. The fourth-order valence-corrected chi connectivity index (χ4v) is 2.94. The van der Waals surface area contributed by atoms with E-state index in [1.54, 1.807) is 14.2 Å². The second kappa shape index (κ2) is 7.55. The maximum absolute atomic E-state index is 6.01. The Kier molecular flexibility index (Phi) is 5.74. The van der Waals surface area contributed by atoms with Crippen LogP contribution in [0.15, 0.2) is 12.1 Å². The first kappa shape index (κ1) is 16.0. The minimum Gasteiger partial charge on any atom is -0.493 e. The highest BCUT2D eigenvalue weighted by Gasteiger charge is 2.19. The zero-order valence-corrected chi connectivity index (χ0v) is 13.4. The third-order valence-corrected chi connectivity index (χ3v) is 4.02. The van der Waals surface area contributed by atoms with Gasteiger partial charge in [-0.15, -0.1) is 0 Å². The van der Waals surface area contributed by atoms with Crippen molar-refractivity contribution in [2.24, 2.45) is 11.7 Å². The summed E-state index contributed by atoms with van der Waals surface area (Å²) in [5.74, 6) is 2.81. The van der Waals surface area contributed by atoms with Gasteiger partial charge in [-0.25, -0.2) is 0 Å². The van der Waals surface area contributed by atoms with Crippen LogP contribution in [-0.2, 0) is 6.42 Å². The third kappa shape index (κ3) is 4.27. The molecular weight excluding hydrogens is 266 g/mol. The molecule has 2 rings (SSSR count). The molecule has 0 bridgehead atoms. The van der Waals surface area contributed by atoms with Crippen LogP contribution in [0.25, 0.3) is 0 Å². The van der Waals surface area contributed by atoms with Gasteiger partial charge >= 0.3 is 0 Å². The SMILES string of the molecule is COc1cc(CC(C)N)cc(OC)c1OCC1CCCC1. The molecule has 1 aliphatic carbocycles. The molecule has 118 valence electrons. The summed E-state index contributed by atoms with van der Waals surface area (Å²) in [6.45, 7) is 2.73. The quantitative estimate of drug-likeness (QED) is 0.839. The van der Waals surface area contributed by atoms with Crippen LogP contribution >= 0.6 is 0 Å². The molecule has 1 aromatic carbocycles. The van der Waals surface area contributed by atoms with E-state index in [1.165, 1.54) is 25.7 Å². The van der Waals surface area contributed by atoms with E-state index in [4.69, 9.17) is 19.9 Å². The minimum absolute atomic E-state index is 0.102. The third-order valence-electron chi connectivity index (χ3n) is 4.02. The van der Waals surface area contributed by atoms with Crippen LogP contribution in [0.4, 0.5) is 0 Å². The van der Waals surface area contributed by atoms with Gasteiger partial charge in [-0.1, -0.05) is 12.8 Å². The highest BCUT2D eigenvalue weighted by atomic mass is 16.5. The average Bonchev–Trinajstić information content (AvgIpc) is 2.97. The molecule has 0 radical (unpaired) electrons. The number of hydrogen-bond donors (Lipinski definition) is 1. The molecule has 1 saturated carbocycles. The number of rotatable bonds is 7. The lowest BCUT2D eigenvalue weighted by Gasteiger charge is -2.18. The van der Waals surface area contributed by atoms with Crippen molar-refractivity contribution in [3.8, 4) is 17.2 Å². The van der Waals surface area contributed by atoms with Gasteiger partial charge in [0.1, 0.15) is 0 Å². The van der Waals surface area contributed by atoms with Crippen molar-refractivity contribution in [2.45, 2.75) is 45.1 Å². The molecule has 1 aliphatic rings. The molecule has 4 heteroatoms. The maximum atomic E-state index is 6.01. The molecule has 21 heavy (non-hydrogen) atoms. The van der Waals surface area contributed by atoms with Gasteiger partial charge in [0.15, 0.2) is 11.5 Å². The van der Waals surface area contributed by atoms with Gasteiger partial charge in [-0.3, -0.25) is 0 Å². The Bertz CT molecular complexity index is 428. The minimum atomic E-state index is 0.102. The number of nitrogens with two attached hydrogens (primary N) is 1. The summed E-state index contributed by atoms with van der Waals surface area (Å²) in [5.41, 5.74) is 6.98. The van der Waals surface area contributed by atoms with Crippen LogP contribution in [-0.4, -0.2) is 26.9 Å². The first-order valence-corrected chi connectivity index (χ1v) is 7.77. The van der Waals surface area contributed by atoms with Crippen LogP contribution < -0.4 is 19.9 Å². The van der Waals surface area contributed by atoms with E-state index >= 15 is 0 Å². The van der Waals surface area contributed by atoms with E-state index in [0.29, 0.717) is 11.7 Å². The van der Waals surface area contributed by atoms with Crippen LogP contribution in [0.5, 0.6) is 17.2 Å². The highest BCUT2D eigenvalue weighted by Crippen LogP contribution is 2.39. The van der Waals surface area contributed by atoms with E-state index < -0.39 is 0 Å². The molecule has 0 heterocycles. The fraction of sp³-hybridized carbons (Fsp3) is 0.647. The number of hydrogen-bond acceptors (Lipinski definition) is 4. The zero-order chi connectivity index (χ0) is 15.2. The number of ether oxygens (including phenoxy) is 3. The summed E-state index contributed by atoms with van der Waals surface area (Å²) >= 11 is 0. The van der Waals surface area contributed by atoms with E-state index in [9.17, 15) is 0 Å². The largest absolute Gasteiger partial charge is 0.493 e. The predicted octanol–water partition coefficient (Wildman–Crippen LogP) is 3.16. The average molecular weight is 293 g/mol. The monoisotopic (exact) mass is 293 g/mol. The zero-order valence-electron chi connectivity index (χ0n) is 13.4. The van der Waals surface area contributed by atoms with Crippen molar-refractivity contribution in [2.75, 3.05) is 20.8 Å². The molecule has 0 aromatic heterocycles. The lowest BCUT2D eigenvalue weighted by molar-refractivity contribution is 0.229. The molecule has 0 aliphatic heterocycles. The molecule has 0 amide bonds. The highest BCUT2D eigenvalue weighted by molar-refractivity contribution is 5.54. The van der Waals surface area contributed by atoms with Crippen molar-refractivity contribution in [3.05, 3.63) is 17.7 Å². The van der Waals surface area contributed by atoms with Crippen LogP contribution in [0, 0.1) is 5.92 Å². The Morgan fingerprint density at radius 2 is 1.71 bits per heavy atom. The number of benzene rings is 1. The first-order valence-electron chi connectivity index (χ1n) is 7.77. The van der Waals surface area contributed by atoms with E-state index in [-0.39, 0.29) is 6.04 Å². The maximum Gasteiger partial charge on any atom is 0.203 e. The smallest absolute Gasteiger partial charge is 0.203 e. The Labute approximate surface area is 127 Å². The Morgan fingerprint density at radius 1 is 1.14 bits per heavy atom. The molecule has 1 atom stereocenters. The lowest BCUT2D eigenvalue weighted by atomic mass is 10.1. The van der Waals surface area contributed by atoms with Crippen molar-refractivity contribution in [1.29, 1.82) is 0 Å². The van der Waals surface area contributed by atoms with Gasteiger partial charge in [-0.05, 0) is 49.8 Å². The fourth-order valence-electron chi connectivity index (χ4n) is 2.94. The van der Waals surface area contributed by atoms with Crippen molar-refractivity contribution < 1.29 is 14.2 Å². The van der Waals surface area contributed by atoms with Crippen molar-refractivity contribution in [3.63, 3.8) is 0 Å². The van der Waals surface area contributed by atoms with Gasteiger partial charge in [0, 0.05) is 6.04 Å². The van der Waals surface area contributed by atoms with Gasteiger partial charge < -0.3 is 19.9 Å². The molecule has 1 unspecified atom stereocenters. The molecule has 0 saturated heterocycles. The van der Waals surface area contributed by atoms with E-state index in [2.05, 4.69) is 0 Å².